The molecule has 0 saturated heterocycles. The van der Waals surface area contributed by atoms with Crippen LogP contribution in [0.15, 0.2) is 53.6 Å². The number of methoxy groups -OCH3 is 1. The van der Waals surface area contributed by atoms with E-state index in [4.69, 9.17) is 4.74 Å². The molecule has 0 fully saturated rings. The molecule has 8 nitrogen and oxygen atoms in total. The van der Waals surface area contributed by atoms with Crippen molar-refractivity contribution in [3.63, 3.8) is 0 Å². The highest BCUT2D eigenvalue weighted by molar-refractivity contribution is 6.04. The fraction of sp³-hybridized carbons (Fsp3) is 0.182. The molecule has 0 spiro atoms. The number of aromatic nitrogens is 6. The van der Waals surface area contributed by atoms with E-state index >= 15 is 0 Å². The van der Waals surface area contributed by atoms with Crippen LogP contribution in [0.5, 0.6) is 5.88 Å². The van der Waals surface area contributed by atoms with Gasteiger partial charge in [-0.25, -0.2) is 14.3 Å². The van der Waals surface area contributed by atoms with E-state index in [1.54, 1.807) is 40.4 Å². The van der Waals surface area contributed by atoms with E-state index in [-0.39, 0.29) is 5.69 Å². The number of nitrogens with zero attached hydrogens (tertiary/aromatic N) is 6. The summed E-state index contributed by atoms with van der Waals surface area (Å²) < 4.78 is 10.2. The van der Waals surface area contributed by atoms with Gasteiger partial charge in [0.15, 0.2) is 0 Å². The largest absolute Gasteiger partial charge is 0.481 e. The van der Waals surface area contributed by atoms with Gasteiger partial charge in [0.25, 0.3) is 0 Å². The molecule has 150 valence electrons. The predicted molar refractivity (Wildman–Crippen MR) is 115 cm³/mol. The molecule has 0 aliphatic rings. The first kappa shape index (κ1) is 18.1. The molecule has 5 rings (SSSR count). The van der Waals surface area contributed by atoms with E-state index < -0.39 is 0 Å². The summed E-state index contributed by atoms with van der Waals surface area (Å²) in [4.78, 5) is 22.0. The van der Waals surface area contributed by atoms with Crippen LogP contribution in [0, 0.1) is 6.92 Å². The molecule has 0 N–H and O–H groups in total. The Labute approximate surface area is 172 Å². The van der Waals surface area contributed by atoms with Gasteiger partial charge in [0, 0.05) is 43.4 Å². The van der Waals surface area contributed by atoms with Gasteiger partial charge in [-0.1, -0.05) is 6.07 Å². The second-order valence-corrected chi connectivity index (χ2v) is 7.26. The van der Waals surface area contributed by atoms with Crippen LogP contribution < -0.4 is 10.4 Å². The zero-order valence-corrected chi connectivity index (χ0v) is 17.1. The lowest BCUT2D eigenvalue weighted by molar-refractivity contribution is 0.398. The highest BCUT2D eigenvalue weighted by atomic mass is 16.5. The van der Waals surface area contributed by atoms with E-state index in [2.05, 4.69) is 15.1 Å². The van der Waals surface area contributed by atoms with Gasteiger partial charge in [-0.05, 0) is 30.7 Å². The SMILES string of the molecule is COc1ccc(-c2ccc3ncc4c(c3c2)n(-c2cc(C)nn2C)c(=O)n4C)cn1. The van der Waals surface area contributed by atoms with Crippen molar-refractivity contribution in [2.24, 2.45) is 14.1 Å². The molecule has 0 radical (unpaired) electrons. The Bertz CT molecular complexity index is 1470. The lowest BCUT2D eigenvalue weighted by Crippen LogP contribution is -2.22. The summed E-state index contributed by atoms with van der Waals surface area (Å²) in [5.74, 6) is 1.28. The predicted octanol–water partition coefficient (Wildman–Crippen LogP) is 2.99. The average Bonchev–Trinajstić information content (AvgIpc) is 3.22. The zero-order chi connectivity index (χ0) is 21.0. The van der Waals surface area contributed by atoms with Crippen LogP contribution in [0.4, 0.5) is 0 Å². The minimum Gasteiger partial charge on any atom is -0.481 e. The second kappa shape index (κ2) is 6.55. The Kier molecular flexibility index (Phi) is 3.95. The third-order valence-electron chi connectivity index (χ3n) is 5.37. The summed E-state index contributed by atoms with van der Waals surface area (Å²) in [6.07, 6.45) is 3.52. The molecule has 0 unspecified atom stereocenters. The molecule has 30 heavy (non-hydrogen) atoms. The second-order valence-electron chi connectivity index (χ2n) is 7.26. The maximum atomic E-state index is 13.2. The van der Waals surface area contributed by atoms with Crippen molar-refractivity contribution in [3.8, 4) is 22.8 Å². The molecular weight excluding hydrogens is 380 g/mol. The molecule has 0 aliphatic carbocycles. The number of hydrogen-bond donors (Lipinski definition) is 0. The first-order valence-corrected chi connectivity index (χ1v) is 9.49. The molecule has 0 saturated carbocycles. The molecular formula is C22H20N6O2. The van der Waals surface area contributed by atoms with Crippen molar-refractivity contribution in [2.75, 3.05) is 7.11 Å². The molecule has 0 aliphatic heterocycles. The molecule has 4 aromatic heterocycles. The number of aryl methyl sites for hydroxylation is 3. The van der Waals surface area contributed by atoms with Gasteiger partial charge >= 0.3 is 5.69 Å². The first-order valence-electron chi connectivity index (χ1n) is 9.49. The van der Waals surface area contributed by atoms with E-state index in [0.717, 1.165) is 38.8 Å². The summed E-state index contributed by atoms with van der Waals surface area (Å²) in [6, 6.07) is 11.7. The third-order valence-corrected chi connectivity index (χ3v) is 5.37. The van der Waals surface area contributed by atoms with Crippen LogP contribution in [-0.2, 0) is 14.1 Å². The lowest BCUT2D eigenvalue weighted by Gasteiger charge is -2.08. The van der Waals surface area contributed by atoms with Crippen molar-refractivity contribution in [1.82, 2.24) is 28.9 Å². The van der Waals surface area contributed by atoms with Gasteiger partial charge in [0.2, 0.25) is 5.88 Å². The van der Waals surface area contributed by atoms with Crippen LogP contribution >= 0.6 is 0 Å². The average molecular weight is 400 g/mol. The van der Waals surface area contributed by atoms with Crippen LogP contribution in [0.25, 0.3) is 38.9 Å². The summed E-state index contributed by atoms with van der Waals surface area (Å²) in [5, 5.41) is 5.30. The van der Waals surface area contributed by atoms with Gasteiger partial charge < -0.3 is 4.74 Å². The van der Waals surface area contributed by atoms with Crippen LogP contribution in [0.2, 0.25) is 0 Å². The van der Waals surface area contributed by atoms with Gasteiger partial charge in [-0.3, -0.25) is 14.2 Å². The van der Waals surface area contributed by atoms with Gasteiger partial charge in [-0.2, -0.15) is 5.10 Å². The minimum absolute atomic E-state index is 0.140. The van der Waals surface area contributed by atoms with E-state index in [9.17, 15) is 4.79 Å². The van der Waals surface area contributed by atoms with Crippen molar-refractivity contribution in [2.45, 2.75) is 6.92 Å². The summed E-state index contributed by atoms with van der Waals surface area (Å²) in [7, 11) is 5.19. The molecule has 4 heterocycles. The highest BCUT2D eigenvalue weighted by Crippen LogP contribution is 2.30. The van der Waals surface area contributed by atoms with Crippen LogP contribution in [-0.4, -0.2) is 36.0 Å². The molecule has 5 aromatic rings. The monoisotopic (exact) mass is 400 g/mol. The Hall–Kier alpha value is -3.94. The van der Waals surface area contributed by atoms with Gasteiger partial charge in [-0.15, -0.1) is 0 Å². The fourth-order valence-corrected chi connectivity index (χ4v) is 3.87. The highest BCUT2D eigenvalue weighted by Gasteiger charge is 2.19. The normalized spacial score (nSPS) is 11.5. The van der Waals surface area contributed by atoms with Crippen molar-refractivity contribution >= 4 is 21.9 Å². The van der Waals surface area contributed by atoms with Crippen LogP contribution in [0.1, 0.15) is 5.69 Å². The molecule has 8 heteroatoms. The van der Waals surface area contributed by atoms with Crippen LogP contribution in [0.3, 0.4) is 0 Å². The molecule has 0 amide bonds. The van der Waals surface area contributed by atoms with Crippen molar-refractivity contribution in [1.29, 1.82) is 0 Å². The number of ether oxygens (including phenoxy) is 1. The Morgan fingerprint density at radius 3 is 2.43 bits per heavy atom. The topological polar surface area (TPSA) is 79.8 Å². The van der Waals surface area contributed by atoms with Crippen molar-refractivity contribution < 1.29 is 4.74 Å². The molecule has 0 bridgehead atoms. The molecule has 0 atom stereocenters. The van der Waals surface area contributed by atoms with Gasteiger partial charge in [0.1, 0.15) is 5.82 Å². The number of hydrogen-bond acceptors (Lipinski definition) is 5. The lowest BCUT2D eigenvalue weighted by atomic mass is 10.0. The number of benzene rings is 1. The van der Waals surface area contributed by atoms with E-state index in [0.29, 0.717) is 11.7 Å². The quantitative estimate of drug-likeness (QED) is 0.465. The third kappa shape index (κ3) is 2.61. The zero-order valence-electron chi connectivity index (χ0n) is 17.1. The van der Waals surface area contributed by atoms with Gasteiger partial charge in [0.05, 0.1) is 35.6 Å². The summed E-state index contributed by atoms with van der Waals surface area (Å²) in [5.41, 5.74) is 5.02. The Morgan fingerprint density at radius 2 is 1.77 bits per heavy atom. The minimum atomic E-state index is -0.140. The Balaban J connectivity index is 1.84. The van der Waals surface area contributed by atoms with Crippen molar-refractivity contribution in [3.05, 3.63) is 65.0 Å². The van der Waals surface area contributed by atoms with E-state index in [1.165, 1.54) is 0 Å². The van der Waals surface area contributed by atoms with E-state index in [1.807, 2.05) is 50.4 Å². The molecule has 1 aromatic carbocycles. The maximum absolute atomic E-state index is 13.2. The summed E-state index contributed by atoms with van der Waals surface area (Å²) in [6.45, 7) is 1.91. The number of rotatable bonds is 3. The maximum Gasteiger partial charge on any atom is 0.334 e. The first-order chi connectivity index (χ1) is 14.5. The standard InChI is InChI=1S/C22H20N6O2/c1-13-9-20(27(3)25-13)28-21-16-10-14(15-6-8-19(30-4)24-11-15)5-7-17(16)23-12-18(21)26(2)22(28)29/h5-12H,1-4H3. The number of pyridine rings is 2. The number of imidazole rings is 1. The smallest absolute Gasteiger partial charge is 0.334 e. The summed E-state index contributed by atoms with van der Waals surface area (Å²) >= 11 is 0. The Morgan fingerprint density at radius 1 is 0.967 bits per heavy atom. The fourth-order valence-electron chi connectivity index (χ4n) is 3.87. The number of fused-ring (bicyclic) bond motifs is 3.